The number of nitrogens with one attached hydrogen (secondary N) is 1. The fraction of sp³-hybridized carbons (Fsp3) is 0.333. The van der Waals surface area contributed by atoms with E-state index in [1.165, 1.54) is 22.3 Å². The van der Waals surface area contributed by atoms with Crippen LogP contribution in [0.5, 0.6) is 5.75 Å². The lowest BCUT2D eigenvalue weighted by atomic mass is 10.0. The molecule has 2 aromatic carbocycles. The number of methoxy groups -OCH3 is 1. The summed E-state index contributed by atoms with van der Waals surface area (Å²) in [7, 11) is 1.71. The third-order valence-corrected chi connectivity index (χ3v) is 3.73. The van der Waals surface area contributed by atoms with Crippen LogP contribution in [0.4, 0.5) is 0 Å². The van der Waals surface area contributed by atoms with Gasteiger partial charge < -0.3 is 10.1 Å². The minimum atomic E-state index is 0.346. The van der Waals surface area contributed by atoms with Crippen LogP contribution in [-0.4, -0.2) is 7.11 Å². The Kier molecular flexibility index (Phi) is 4.80. The third-order valence-electron chi connectivity index (χ3n) is 3.73. The summed E-state index contributed by atoms with van der Waals surface area (Å²) in [4.78, 5) is 0. The summed E-state index contributed by atoms with van der Waals surface area (Å²) in [6.45, 7) is 7.30. The highest BCUT2D eigenvalue weighted by Crippen LogP contribution is 2.20. The van der Waals surface area contributed by atoms with E-state index in [9.17, 15) is 0 Å². The molecular formula is C18H23NO. The summed E-state index contributed by atoms with van der Waals surface area (Å²) in [6.07, 6.45) is 0. The summed E-state index contributed by atoms with van der Waals surface area (Å²) in [5.74, 6) is 0.945. The number of aryl methyl sites for hydroxylation is 2. The monoisotopic (exact) mass is 269 g/mol. The molecule has 0 aliphatic heterocycles. The summed E-state index contributed by atoms with van der Waals surface area (Å²) in [5, 5.41) is 3.58. The average Bonchev–Trinajstić information content (AvgIpc) is 2.45. The van der Waals surface area contributed by atoms with Crippen LogP contribution < -0.4 is 10.1 Å². The van der Waals surface area contributed by atoms with Crippen LogP contribution in [-0.2, 0) is 6.54 Å². The third kappa shape index (κ3) is 3.40. The predicted octanol–water partition coefficient (Wildman–Crippen LogP) is 4.16. The zero-order valence-corrected chi connectivity index (χ0v) is 12.7. The van der Waals surface area contributed by atoms with E-state index in [-0.39, 0.29) is 0 Å². The van der Waals surface area contributed by atoms with E-state index in [0.29, 0.717) is 6.04 Å². The van der Waals surface area contributed by atoms with Crippen molar-refractivity contribution in [2.24, 2.45) is 0 Å². The fourth-order valence-corrected chi connectivity index (χ4v) is 2.50. The van der Waals surface area contributed by atoms with Crippen LogP contribution in [0.25, 0.3) is 0 Å². The van der Waals surface area contributed by atoms with Crippen LogP contribution in [0.15, 0.2) is 42.5 Å². The lowest BCUT2D eigenvalue weighted by molar-refractivity contribution is 0.411. The summed E-state index contributed by atoms with van der Waals surface area (Å²) < 4.78 is 5.29. The Bertz CT molecular complexity index is 577. The molecule has 2 heteroatoms. The normalized spacial score (nSPS) is 12.2. The standard InChI is InChI=1S/C18H23NO/c1-13-7-5-6-8-17(13)15(3)19-12-16-9-10-18(20-4)14(2)11-16/h5-11,15,19H,12H2,1-4H3/t15-/m1/s1. The zero-order chi connectivity index (χ0) is 14.5. The quantitative estimate of drug-likeness (QED) is 0.880. The molecule has 2 nitrogen and oxygen atoms in total. The maximum Gasteiger partial charge on any atom is 0.121 e. The van der Waals surface area contributed by atoms with Gasteiger partial charge in [0, 0.05) is 12.6 Å². The smallest absolute Gasteiger partial charge is 0.121 e. The first-order valence-corrected chi connectivity index (χ1v) is 7.04. The number of hydrogen-bond acceptors (Lipinski definition) is 2. The second kappa shape index (κ2) is 6.58. The van der Waals surface area contributed by atoms with Crippen molar-refractivity contribution in [3.8, 4) is 5.75 Å². The van der Waals surface area contributed by atoms with Crippen LogP contribution in [0, 0.1) is 13.8 Å². The molecule has 2 aromatic rings. The minimum Gasteiger partial charge on any atom is -0.496 e. The van der Waals surface area contributed by atoms with E-state index < -0.39 is 0 Å². The molecule has 0 fully saturated rings. The van der Waals surface area contributed by atoms with Crippen molar-refractivity contribution in [3.05, 3.63) is 64.7 Å². The molecule has 0 aliphatic carbocycles. The molecule has 0 amide bonds. The van der Waals surface area contributed by atoms with Gasteiger partial charge in [-0.3, -0.25) is 0 Å². The molecule has 0 aromatic heterocycles. The molecule has 106 valence electrons. The van der Waals surface area contributed by atoms with Gasteiger partial charge in [0.05, 0.1) is 7.11 Å². The van der Waals surface area contributed by atoms with Crippen molar-refractivity contribution in [3.63, 3.8) is 0 Å². The maximum atomic E-state index is 5.29. The molecule has 2 rings (SSSR count). The Morgan fingerprint density at radius 2 is 1.80 bits per heavy atom. The van der Waals surface area contributed by atoms with Gasteiger partial charge in [0.25, 0.3) is 0 Å². The lowest BCUT2D eigenvalue weighted by Crippen LogP contribution is -2.18. The van der Waals surface area contributed by atoms with Gasteiger partial charge in [0.2, 0.25) is 0 Å². The Labute approximate surface area is 121 Å². The molecule has 0 bridgehead atoms. The zero-order valence-electron chi connectivity index (χ0n) is 12.7. The van der Waals surface area contributed by atoms with Crippen LogP contribution in [0.2, 0.25) is 0 Å². The number of hydrogen-bond donors (Lipinski definition) is 1. The van der Waals surface area contributed by atoms with Gasteiger partial charge in [-0.25, -0.2) is 0 Å². The van der Waals surface area contributed by atoms with E-state index in [1.807, 2.05) is 6.07 Å². The van der Waals surface area contributed by atoms with E-state index >= 15 is 0 Å². The van der Waals surface area contributed by atoms with Crippen molar-refractivity contribution >= 4 is 0 Å². The molecule has 1 N–H and O–H groups in total. The highest BCUT2D eigenvalue weighted by Gasteiger charge is 2.07. The van der Waals surface area contributed by atoms with Gasteiger partial charge in [-0.05, 0) is 49.1 Å². The van der Waals surface area contributed by atoms with Crippen LogP contribution in [0.1, 0.15) is 35.2 Å². The maximum absolute atomic E-state index is 5.29. The van der Waals surface area contributed by atoms with Gasteiger partial charge >= 0.3 is 0 Å². The second-order valence-corrected chi connectivity index (χ2v) is 5.26. The SMILES string of the molecule is COc1ccc(CN[C@H](C)c2ccccc2C)cc1C. The van der Waals surface area contributed by atoms with Gasteiger partial charge in [0.1, 0.15) is 5.75 Å². The number of rotatable bonds is 5. The molecule has 0 saturated heterocycles. The van der Waals surface area contributed by atoms with E-state index in [1.54, 1.807) is 7.11 Å². The Hall–Kier alpha value is -1.80. The fourth-order valence-electron chi connectivity index (χ4n) is 2.50. The topological polar surface area (TPSA) is 21.3 Å². The second-order valence-electron chi connectivity index (χ2n) is 5.26. The summed E-state index contributed by atoms with van der Waals surface area (Å²) in [5.41, 5.74) is 5.15. The van der Waals surface area contributed by atoms with E-state index in [2.05, 4.69) is 62.5 Å². The predicted molar refractivity (Wildman–Crippen MR) is 84.2 cm³/mol. The number of benzene rings is 2. The van der Waals surface area contributed by atoms with Crippen LogP contribution >= 0.6 is 0 Å². The van der Waals surface area contributed by atoms with Gasteiger partial charge in [-0.15, -0.1) is 0 Å². The summed E-state index contributed by atoms with van der Waals surface area (Å²) >= 11 is 0. The average molecular weight is 269 g/mol. The largest absolute Gasteiger partial charge is 0.496 e. The molecular weight excluding hydrogens is 246 g/mol. The Balaban J connectivity index is 2.02. The molecule has 0 heterocycles. The molecule has 0 spiro atoms. The van der Waals surface area contributed by atoms with Crippen molar-refractivity contribution in [2.75, 3.05) is 7.11 Å². The lowest BCUT2D eigenvalue weighted by Gasteiger charge is -2.17. The molecule has 0 radical (unpaired) electrons. The van der Waals surface area contributed by atoms with Crippen molar-refractivity contribution < 1.29 is 4.74 Å². The highest BCUT2D eigenvalue weighted by molar-refractivity contribution is 5.36. The van der Waals surface area contributed by atoms with Gasteiger partial charge in [0.15, 0.2) is 0 Å². The molecule has 20 heavy (non-hydrogen) atoms. The van der Waals surface area contributed by atoms with Crippen molar-refractivity contribution in [2.45, 2.75) is 33.4 Å². The van der Waals surface area contributed by atoms with Gasteiger partial charge in [-0.1, -0.05) is 36.4 Å². The molecule has 0 saturated carbocycles. The highest BCUT2D eigenvalue weighted by atomic mass is 16.5. The Morgan fingerprint density at radius 1 is 1.05 bits per heavy atom. The first-order valence-electron chi connectivity index (χ1n) is 7.04. The van der Waals surface area contributed by atoms with Crippen molar-refractivity contribution in [1.82, 2.24) is 5.32 Å². The molecule has 1 atom stereocenters. The summed E-state index contributed by atoms with van der Waals surface area (Å²) in [6, 6.07) is 15.2. The Morgan fingerprint density at radius 3 is 2.45 bits per heavy atom. The molecule has 0 aliphatic rings. The minimum absolute atomic E-state index is 0.346. The van der Waals surface area contributed by atoms with E-state index in [0.717, 1.165) is 12.3 Å². The molecule has 0 unspecified atom stereocenters. The van der Waals surface area contributed by atoms with Crippen molar-refractivity contribution in [1.29, 1.82) is 0 Å². The first-order chi connectivity index (χ1) is 9.61. The first kappa shape index (κ1) is 14.6. The van der Waals surface area contributed by atoms with E-state index in [4.69, 9.17) is 4.74 Å². The number of ether oxygens (including phenoxy) is 1. The van der Waals surface area contributed by atoms with Gasteiger partial charge in [-0.2, -0.15) is 0 Å². The van der Waals surface area contributed by atoms with Crippen LogP contribution in [0.3, 0.4) is 0 Å².